The largest absolute Gasteiger partial charge is 0.493 e. The Kier molecular flexibility index (Phi) is 7.94. The SMILES string of the molecule is COc1cc(Cl)c(/C=N/NC(=O)COc2c(C)cc(Br)cc2Br)cc1OC. The van der Waals surface area contributed by atoms with Gasteiger partial charge in [-0.3, -0.25) is 4.79 Å². The molecule has 0 saturated carbocycles. The smallest absolute Gasteiger partial charge is 0.277 e. The Labute approximate surface area is 179 Å². The van der Waals surface area contributed by atoms with Crippen molar-refractivity contribution in [2.24, 2.45) is 5.10 Å². The van der Waals surface area contributed by atoms with Crippen molar-refractivity contribution in [3.63, 3.8) is 0 Å². The summed E-state index contributed by atoms with van der Waals surface area (Å²) in [5.74, 6) is 1.21. The topological polar surface area (TPSA) is 69.2 Å². The molecule has 27 heavy (non-hydrogen) atoms. The fourth-order valence-corrected chi connectivity index (χ4v) is 3.94. The first-order valence-electron chi connectivity index (χ1n) is 7.67. The Bertz CT molecular complexity index is 852. The van der Waals surface area contributed by atoms with E-state index < -0.39 is 5.91 Å². The molecule has 2 aromatic rings. The van der Waals surface area contributed by atoms with Crippen LogP contribution in [0, 0.1) is 6.92 Å². The third-order valence-corrected chi connectivity index (χ3v) is 4.81. The zero-order valence-electron chi connectivity index (χ0n) is 14.8. The van der Waals surface area contributed by atoms with Gasteiger partial charge in [-0.25, -0.2) is 5.43 Å². The van der Waals surface area contributed by atoms with Crippen molar-refractivity contribution in [2.45, 2.75) is 6.92 Å². The number of aryl methyl sites for hydroxylation is 1. The van der Waals surface area contributed by atoms with E-state index in [1.165, 1.54) is 20.4 Å². The van der Waals surface area contributed by atoms with Crippen molar-refractivity contribution in [2.75, 3.05) is 20.8 Å². The highest BCUT2D eigenvalue weighted by atomic mass is 79.9. The lowest BCUT2D eigenvalue weighted by Crippen LogP contribution is -2.24. The van der Waals surface area contributed by atoms with Crippen molar-refractivity contribution in [1.82, 2.24) is 5.43 Å². The molecule has 0 saturated heterocycles. The van der Waals surface area contributed by atoms with E-state index >= 15 is 0 Å². The van der Waals surface area contributed by atoms with Crippen LogP contribution in [0.5, 0.6) is 17.2 Å². The lowest BCUT2D eigenvalue weighted by molar-refractivity contribution is -0.123. The van der Waals surface area contributed by atoms with Gasteiger partial charge in [-0.1, -0.05) is 27.5 Å². The molecule has 9 heteroatoms. The highest BCUT2D eigenvalue weighted by Crippen LogP contribution is 2.33. The van der Waals surface area contributed by atoms with Crippen molar-refractivity contribution < 1.29 is 19.0 Å². The molecule has 0 unspecified atom stereocenters. The molecule has 0 radical (unpaired) electrons. The second-order valence-electron chi connectivity index (χ2n) is 5.34. The van der Waals surface area contributed by atoms with Crippen LogP contribution in [-0.4, -0.2) is 32.9 Å². The van der Waals surface area contributed by atoms with Crippen molar-refractivity contribution >= 4 is 55.6 Å². The minimum Gasteiger partial charge on any atom is -0.493 e. The highest BCUT2D eigenvalue weighted by Gasteiger charge is 2.10. The summed E-state index contributed by atoms with van der Waals surface area (Å²) in [4.78, 5) is 12.0. The summed E-state index contributed by atoms with van der Waals surface area (Å²) in [6.45, 7) is 1.71. The molecule has 0 aliphatic heterocycles. The number of benzene rings is 2. The third-order valence-electron chi connectivity index (χ3n) is 3.44. The van der Waals surface area contributed by atoms with E-state index in [2.05, 4.69) is 42.4 Å². The summed E-state index contributed by atoms with van der Waals surface area (Å²) in [7, 11) is 3.04. The maximum Gasteiger partial charge on any atom is 0.277 e. The predicted octanol–water partition coefficient (Wildman–Crippen LogP) is 4.72. The average Bonchev–Trinajstić information content (AvgIpc) is 2.61. The molecule has 6 nitrogen and oxygen atoms in total. The Morgan fingerprint density at radius 1 is 1.19 bits per heavy atom. The van der Waals surface area contributed by atoms with Crippen LogP contribution in [-0.2, 0) is 4.79 Å². The van der Waals surface area contributed by atoms with Gasteiger partial charge >= 0.3 is 0 Å². The molecule has 0 bridgehead atoms. The minimum atomic E-state index is -0.405. The van der Waals surface area contributed by atoms with Crippen molar-refractivity contribution in [1.29, 1.82) is 0 Å². The van der Waals surface area contributed by atoms with Gasteiger partial charge in [0.1, 0.15) is 5.75 Å². The summed E-state index contributed by atoms with van der Waals surface area (Å²) >= 11 is 13.0. The van der Waals surface area contributed by atoms with Gasteiger partial charge in [0.25, 0.3) is 5.91 Å². The number of amides is 1. The van der Waals surface area contributed by atoms with Gasteiger partial charge in [0.15, 0.2) is 18.1 Å². The molecular weight excluding hydrogens is 503 g/mol. The number of hydrogen-bond donors (Lipinski definition) is 1. The number of carbonyl (C=O) groups excluding carboxylic acids is 1. The lowest BCUT2D eigenvalue weighted by Gasteiger charge is -2.11. The molecule has 1 amide bonds. The van der Waals surface area contributed by atoms with E-state index in [1.54, 1.807) is 12.1 Å². The molecule has 2 aromatic carbocycles. The zero-order chi connectivity index (χ0) is 20.0. The minimum absolute atomic E-state index is 0.182. The maximum atomic E-state index is 12.0. The van der Waals surface area contributed by atoms with Crippen LogP contribution >= 0.6 is 43.5 Å². The van der Waals surface area contributed by atoms with Gasteiger partial charge in [0, 0.05) is 16.1 Å². The van der Waals surface area contributed by atoms with Crippen LogP contribution in [0.15, 0.2) is 38.3 Å². The van der Waals surface area contributed by atoms with Gasteiger partial charge in [-0.15, -0.1) is 0 Å². The molecule has 0 heterocycles. The van der Waals surface area contributed by atoms with E-state index in [0.29, 0.717) is 27.8 Å². The highest BCUT2D eigenvalue weighted by molar-refractivity contribution is 9.11. The molecule has 0 fully saturated rings. The summed E-state index contributed by atoms with van der Waals surface area (Å²) in [6.07, 6.45) is 1.42. The normalized spacial score (nSPS) is 10.7. The number of hydrazone groups is 1. The molecule has 0 spiro atoms. The molecule has 0 atom stereocenters. The number of nitrogens with one attached hydrogen (secondary N) is 1. The van der Waals surface area contributed by atoms with Gasteiger partial charge < -0.3 is 14.2 Å². The molecule has 0 aliphatic carbocycles. The van der Waals surface area contributed by atoms with Crippen LogP contribution in [0.1, 0.15) is 11.1 Å². The van der Waals surface area contributed by atoms with E-state index in [0.717, 1.165) is 14.5 Å². The summed E-state index contributed by atoms with van der Waals surface area (Å²) < 4.78 is 17.6. The number of nitrogens with zero attached hydrogens (tertiary/aromatic N) is 1. The van der Waals surface area contributed by atoms with Crippen LogP contribution in [0.3, 0.4) is 0 Å². The van der Waals surface area contributed by atoms with E-state index in [-0.39, 0.29) is 6.61 Å². The van der Waals surface area contributed by atoms with Crippen LogP contribution in [0.25, 0.3) is 0 Å². The van der Waals surface area contributed by atoms with Crippen molar-refractivity contribution in [3.05, 3.63) is 49.4 Å². The summed E-state index contributed by atoms with van der Waals surface area (Å²) in [5.41, 5.74) is 3.86. The zero-order valence-corrected chi connectivity index (χ0v) is 18.7. The second-order valence-corrected chi connectivity index (χ2v) is 7.52. The molecule has 2 rings (SSSR count). The van der Waals surface area contributed by atoms with Crippen LogP contribution in [0.2, 0.25) is 5.02 Å². The quantitative estimate of drug-likeness (QED) is 0.424. The number of ether oxygens (including phenoxy) is 3. The van der Waals surface area contributed by atoms with Gasteiger partial charge in [-0.2, -0.15) is 5.10 Å². The van der Waals surface area contributed by atoms with E-state index in [1.807, 2.05) is 19.1 Å². The van der Waals surface area contributed by atoms with E-state index in [9.17, 15) is 4.79 Å². The van der Waals surface area contributed by atoms with Gasteiger partial charge in [0.2, 0.25) is 0 Å². The first-order valence-corrected chi connectivity index (χ1v) is 9.64. The monoisotopic (exact) mass is 518 g/mol. The van der Waals surface area contributed by atoms with Crippen LogP contribution in [0.4, 0.5) is 0 Å². The number of rotatable bonds is 7. The maximum absolute atomic E-state index is 12.0. The fourth-order valence-electron chi connectivity index (χ4n) is 2.18. The molecule has 1 N–H and O–H groups in total. The second kappa shape index (κ2) is 9.96. The Morgan fingerprint density at radius 3 is 2.48 bits per heavy atom. The van der Waals surface area contributed by atoms with Crippen molar-refractivity contribution in [3.8, 4) is 17.2 Å². The number of methoxy groups -OCH3 is 2. The average molecular weight is 521 g/mol. The Balaban J connectivity index is 1.98. The first-order chi connectivity index (χ1) is 12.8. The first kappa shape index (κ1) is 21.5. The summed E-state index contributed by atoms with van der Waals surface area (Å²) in [5, 5.41) is 4.31. The molecule has 0 aliphatic rings. The standard InChI is InChI=1S/C18H17Br2ClN2O4/c1-10-4-12(19)6-13(20)18(10)27-9-17(24)23-22-8-11-5-15(25-2)16(26-3)7-14(11)21/h4-8H,9H2,1-3H3,(H,23,24)/b22-8+. The molecular formula is C18H17Br2ClN2O4. The number of carbonyl (C=O) groups is 1. The number of hydrogen-bond acceptors (Lipinski definition) is 5. The Hall–Kier alpha value is -1.77. The third kappa shape index (κ3) is 5.85. The Morgan fingerprint density at radius 2 is 1.85 bits per heavy atom. The predicted molar refractivity (Wildman–Crippen MR) is 112 cm³/mol. The number of halogens is 3. The van der Waals surface area contributed by atoms with Gasteiger partial charge in [-0.05, 0) is 46.6 Å². The van der Waals surface area contributed by atoms with E-state index in [4.69, 9.17) is 25.8 Å². The van der Waals surface area contributed by atoms with Crippen LogP contribution < -0.4 is 19.6 Å². The lowest BCUT2D eigenvalue weighted by atomic mass is 10.2. The molecule has 0 aromatic heterocycles. The fraction of sp³-hybridized carbons (Fsp3) is 0.222. The molecule has 144 valence electrons. The summed E-state index contributed by atoms with van der Waals surface area (Å²) in [6, 6.07) is 7.02. The van der Waals surface area contributed by atoms with Gasteiger partial charge in [0.05, 0.1) is 29.9 Å².